The first-order valence-electron chi connectivity index (χ1n) is 11.0. The fourth-order valence-corrected chi connectivity index (χ4v) is 4.36. The van der Waals surface area contributed by atoms with Crippen molar-refractivity contribution in [2.75, 3.05) is 6.61 Å². The average Bonchev–Trinajstić information content (AvgIpc) is 2.40. The lowest BCUT2D eigenvalue weighted by molar-refractivity contribution is -0.171. The number of carbonyl (C=O) groups is 2. The van der Waals surface area contributed by atoms with Gasteiger partial charge in [-0.15, -0.1) is 0 Å². The van der Waals surface area contributed by atoms with Gasteiger partial charge in [0.15, 0.2) is 5.78 Å². The van der Waals surface area contributed by atoms with Crippen molar-refractivity contribution in [2.45, 2.75) is 121 Å². The van der Waals surface area contributed by atoms with Gasteiger partial charge >= 0.3 is 5.97 Å². The van der Waals surface area contributed by atoms with Gasteiger partial charge in [-0.25, -0.2) is 0 Å². The number of ether oxygens (including phenoxy) is 2. The first kappa shape index (κ1) is 28.1. The highest BCUT2D eigenvalue weighted by Crippen LogP contribution is 2.36. The molecule has 29 heavy (non-hydrogen) atoms. The van der Waals surface area contributed by atoms with Crippen molar-refractivity contribution in [3.8, 4) is 0 Å². The monoisotopic (exact) mass is 412 g/mol. The molecule has 0 aromatic heterocycles. The summed E-state index contributed by atoms with van der Waals surface area (Å²) in [4.78, 5) is 25.5. The molecular weight excluding hydrogens is 364 g/mol. The largest absolute Gasteiger partial charge is 0.459 e. The Bertz CT molecular complexity index is 556. The maximum Gasteiger partial charge on any atom is 0.312 e. The predicted molar refractivity (Wildman–Crippen MR) is 121 cm³/mol. The zero-order valence-corrected chi connectivity index (χ0v) is 21.5. The lowest BCUT2D eigenvalue weighted by Gasteiger charge is -2.35. The topological polar surface area (TPSA) is 52.6 Å². The van der Waals surface area contributed by atoms with E-state index in [1.54, 1.807) is 0 Å². The van der Waals surface area contributed by atoms with E-state index in [1.165, 1.54) is 0 Å². The van der Waals surface area contributed by atoms with Gasteiger partial charge < -0.3 is 9.47 Å². The minimum Gasteiger partial charge on any atom is -0.459 e. The quantitative estimate of drug-likeness (QED) is 0.379. The van der Waals surface area contributed by atoms with Crippen LogP contribution >= 0.6 is 0 Å². The average molecular weight is 413 g/mol. The van der Waals surface area contributed by atoms with E-state index in [4.69, 9.17) is 9.47 Å². The normalized spacial score (nSPS) is 15.2. The van der Waals surface area contributed by atoms with Crippen LogP contribution in [0.3, 0.4) is 0 Å². The van der Waals surface area contributed by atoms with E-state index in [0.29, 0.717) is 13.0 Å². The van der Waals surface area contributed by atoms with Crippen molar-refractivity contribution in [1.82, 2.24) is 0 Å². The third-order valence-corrected chi connectivity index (χ3v) is 4.97. The summed E-state index contributed by atoms with van der Waals surface area (Å²) < 4.78 is 11.7. The highest BCUT2D eigenvalue weighted by Gasteiger charge is 2.38. The second-order valence-corrected chi connectivity index (χ2v) is 13.0. The molecule has 0 saturated carbocycles. The van der Waals surface area contributed by atoms with Crippen LogP contribution in [0.2, 0.25) is 0 Å². The van der Waals surface area contributed by atoms with Gasteiger partial charge in [0, 0.05) is 11.8 Å². The number of ketones is 1. The van der Waals surface area contributed by atoms with Crippen LogP contribution in [-0.2, 0) is 19.1 Å². The van der Waals surface area contributed by atoms with Crippen LogP contribution in [0.5, 0.6) is 0 Å². The second-order valence-electron chi connectivity index (χ2n) is 13.0. The molecular formula is C25H48O4. The fraction of sp³-hybridized carbons (Fsp3) is 0.920. The van der Waals surface area contributed by atoms with Gasteiger partial charge in [-0.1, -0.05) is 55.4 Å². The van der Waals surface area contributed by atoms with Crippen LogP contribution in [0.4, 0.5) is 0 Å². The van der Waals surface area contributed by atoms with Crippen LogP contribution in [0.1, 0.15) is 109 Å². The van der Waals surface area contributed by atoms with Gasteiger partial charge in [-0.05, 0) is 58.3 Å². The number of carbonyl (C=O) groups excluding carboxylic acids is 2. The highest BCUT2D eigenvalue weighted by molar-refractivity contribution is 5.88. The van der Waals surface area contributed by atoms with Gasteiger partial charge in [0.05, 0.1) is 12.0 Å². The summed E-state index contributed by atoms with van der Waals surface area (Å²) in [6, 6.07) is 0. The Morgan fingerprint density at radius 3 is 1.55 bits per heavy atom. The molecule has 4 heteroatoms. The molecule has 0 aliphatic carbocycles. The van der Waals surface area contributed by atoms with Crippen molar-refractivity contribution in [1.29, 1.82) is 0 Å². The van der Waals surface area contributed by atoms with Crippen molar-refractivity contribution in [3.63, 3.8) is 0 Å². The smallest absolute Gasteiger partial charge is 0.312 e. The lowest BCUT2D eigenvalue weighted by Crippen LogP contribution is -2.40. The van der Waals surface area contributed by atoms with Gasteiger partial charge in [-0.3, -0.25) is 9.59 Å². The Balaban J connectivity index is 4.74. The number of hydrogen-bond acceptors (Lipinski definition) is 4. The van der Waals surface area contributed by atoms with Crippen LogP contribution < -0.4 is 0 Å². The Hall–Kier alpha value is -0.900. The minimum atomic E-state index is -0.643. The molecule has 0 fully saturated rings. The maximum atomic E-state index is 12.8. The zero-order chi connectivity index (χ0) is 23.5. The number of esters is 1. The van der Waals surface area contributed by atoms with Crippen LogP contribution in [0, 0.1) is 21.7 Å². The van der Waals surface area contributed by atoms with E-state index in [2.05, 4.69) is 41.5 Å². The van der Waals surface area contributed by atoms with E-state index >= 15 is 0 Å². The summed E-state index contributed by atoms with van der Waals surface area (Å²) in [7, 11) is 0. The van der Waals surface area contributed by atoms with Crippen LogP contribution in [0.15, 0.2) is 0 Å². The molecule has 0 spiro atoms. The first-order chi connectivity index (χ1) is 12.6. The van der Waals surface area contributed by atoms with E-state index in [0.717, 1.165) is 12.8 Å². The zero-order valence-electron chi connectivity index (χ0n) is 21.5. The summed E-state index contributed by atoms with van der Waals surface area (Å²) in [5, 5.41) is 0. The van der Waals surface area contributed by atoms with Gasteiger partial charge in [0.2, 0.25) is 0 Å². The molecule has 1 atom stereocenters. The molecule has 0 bridgehead atoms. The van der Waals surface area contributed by atoms with E-state index < -0.39 is 22.5 Å². The molecule has 0 rings (SSSR count). The highest BCUT2D eigenvalue weighted by atomic mass is 16.6. The Morgan fingerprint density at radius 2 is 1.14 bits per heavy atom. The van der Waals surface area contributed by atoms with Gasteiger partial charge in [0.1, 0.15) is 11.7 Å². The molecule has 1 unspecified atom stereocenters. The molecule has 0 aromatic carbocycles. The Kier molecular flexibility index (Phi) is 9.20. The number of Topliss-reactive ketones (excluding diaryl/α,β-unsaturated/α-hetero) is 1. The van der Waals surface area contributed by atoms with Crippen LogP contribution in [0.25, 0.3) is 0 Å². The molecule has 0 N–H and O–H groups in total. The fourth-order valence-electron chi connectivity index (χ4n) is 4.36. The molecule has 0 aromatic rings. The number of rotatable bonds is 10. The molecule has 0 amide bonds. The van der Waals surface area contributed by atoms with Crippen molar-refractivity contribution >= 4 is 11.8 Å². The SMILES string of the molecule is CC(OCCC(C)(C)OC(=O)C(C)(C)CC(C)(C)C)C(=O)C(C)(C)CC(C)(C)C. The number of hydrogen-bond donors (Lipinski definition) is 0. The van der Waals surface area contributed by atoms with Crippen molar-refractivity contribution in [3.05, 3.63) is 0 Å². The Morgan fingerprint density at radius 1 is 0.724 bits per heavy atom. The standard InChI is InChI=1S/C25H48O4/c1-18(19(26)23(8,9)16-21(2,3)4)28-15-14-25(12,13)29-20(27)24(10,11)17-22(5,6)7/h18H,14-17H2,1-13H3. The molecule has 0 saturated heterocycles. The molecule has 0 radical (unpaired) electrons. The minimum absolute atomic E-state index is 0.0470. The maximum absolute atomic E-state index is 12.8. The summed E-state index contributed by atoms with van der Waals surface area (Å²) in [6.07, 6.45) is 1.62. The van der Waals surface area contributed by atoms with Gasteiger partial charge in [0.25, 0.3) is 0 Å². The second kappa shape index (κ2) is 9.49. The first-order valence-corrected chi connectivity index (χ1v) is 11.0. The van der Waals surface area contributed by atoms with E-state index in [-0.39, 0.29) is 22.6 Å². The predicted octanol–water partition coefficient (Wildman–Crippen LogP) is 6.60. The molecule has 0 heterocycles. The van der Waals surface area contributed by atoms with Gasteiger partial charge in [-0.2, -0.15) is 0 Å². The summed E-state index contributed by atoms with van der Waals surface area (Å²) in [5.74, 6) is -0.0682. The third-order valence-electron chi connectivity index (χ3n) is 4.97. The van der Waals surface area contributed by atoms with E-state index in [1.807, 2.05) is 48.5 Å². The molecule has 4 nitrogen and oxygen atoms in total. The van der Waals surface area contributed by atoms with Crippen LogP contribution in [-0.4, -0.2) is 30.1 Å². The lowest BCUT2D eigenvalue weighted by atomic mass is 9.73. The van der Waals surface area contributed by atoms with E-state index in [9.17, 15) is 9.59 Å². The molecule has 172 valence electrons. The molecule has 0 aliphatic heterocycles. The van der Waals surface area contributed by atoms with Crippen molar-refractivity contribution in [2.24, 2.45) is 21.7 Å². The Labute approximate surface area is 180 Å². The summed E-state index contributed by atoms with van der Waals surface area (Å²) in [6.45, 7) is 26.7. The summed E-state index contributed by atoms with van der Waals surface area (Å²) >= 11 is 0. The van der Waals surface area contributed by atoms with Crippen molar-refractivity contribution < 1.29 is 19.1 Å². The summed E-state index contributed by atoms with van der Waals surface area (Å²) in [5.41, 5.74) is -1.50. The third kappa shape index (κ3) is 11.2. The molecule has 0 aliphatic rings.